The van der Waals surface area contributed by atoms with Gasteiger partial charge in [-0.1, -0.05) is 25.5 Å². The second-order valence-electron chi connectivity index (χ2n) is 10.6. The summed E-state index contributed by atoms with van der Waals surface area (Å²) in [4.78, 5) is 65.5. The Kier molecular flexibility index (Phi) is 11.6. The van der Waals surface area contributed by atoms with Gasteiger partial charge < -0.3 is 24.4 Å². The third kappa shape index (κ3) is 9.43. The highest BCUT2D eigenvalue weighted by molar-refractivity contribution is 6.15. The second kappa shape index (κ2) is 14.2. The van der Waals surface area contributed by atoms with Crippen molar-refractivity contribution in [3.8, 4) is 5.75 Å². The lowest BCUT2D eigenvalue weighted by molar-refractivity contribution is -0.164. The Morgan fingerprint density at radius 1 is 1.13 bits per heavy atom. The summed E-state index contributed by atoms with van der Waals surface area (Å²) in [6.07, 6.45) is 1.38. The molecule has 1 fully saturated rings. The van der Waals surface area contributed by atoms with Crippen molar-refractivity contribution in [3.63, 3.8) is 0 Å². The van der Waals surface area contributed by atoms with Gasteiger partial charge in [0.25, 0.3) is 5.91 Å². The van der Waals surface area contributed by atoms with Gasteiger partial charge in [-0.3, -0.25) is 29.3 Å². The Hall–Kier alpha value is -3.31. The number of carbonyl (C=O) groups excluding carboxylic acids is 5. The van der Waals surface area contributed by atoms with Gasteiger partial charge in [0.05, 0.1) is 19.6 Å². The quantitative estimate of drug-likeness (QED) is 0.162. The van der Waals surface area contributed by atoms with Crippen molar-refractivity contribution in [1.29, 1.82) is 0 Å². The fourth-order valence-electron chi connectivity index (χ4n) is 4.34. The Balaban J connectivity index is 2.39. The summed E-state index contributed by atoms with van der Waals surface area (Å²) in [6.45, 7) is 9.02. The van der Waals surface area contributed by atoms with Crippen LogP contribution in [0, 0.1) is 0 Å². The molecule has 1 aromatic carbocycles. The Morgan fingerprint density at radius 2 is 1.79 bits per heavy atom. The zero-order chi connectivity index (χ0) is 29.2. The minimum atomic E-state index is -1.92. The molecule has 0 bridgehead atoms. The van der Waals surface area contributed by atoms with Gasteiger partial charge in [0.1, 0.15) is 17.9 Å². The lowest BCUT2D eigenvalue weighted by Crippen LogP contribution is -2.72. The molecular weight excluding hydrogens is 506 g/mol. The molecular formula is C28H41N3O8. The van der Waals surface area contributed by atoms with Gasteiger partial charge in [0.15, 0.2) is 11.3 Å². The summed E-state index contributed by atoms with van der Waals surface area (Å²) in [5.41, 5.74) is -1.91. The molecule has 0 spiro atoms. The van der Waals surface area contributed by atoms with Crippen LogP contribution in [0.15, 0.2) is 24.3 Å². The molecule has 39 heavy (non-hydrogen) atoms. The number of methoxy groups -OCH3 is 1. The minimum Gasteiger partial charge on any atom is -0.469 e. The fraction of sp³-hybridized carbons (Fsp3) is 0.607. The highest BCUT2D eigenvalue weighted by Crippen LogP contribution is 2.25. The van der Waals surface area contributed by atoms with Crippen LogP contribution in [0.2, 0.25) is 0 Å². The number of esters is 3. The standard InChI is InChI=1S/C28H41N3O8/c1-7-8-13-29-22(16-20-9-11-21(12-10-20)38-19(2)32)25(35)28(17-23(33)37-6)26(36)31(15-14-30-28)18-24(34)39-27(3,4)5/h9-12,22,29-30H,7-8,13-18H2,1-6H3/t22-,28?/m0/s1. The fourth-order valence-corrected chi connectivity index (χ4v) is 4.34. The van der Waals surface area contributed by atoms with Crippen molar-refractivity contribution in [2.45, 2.75) is 77.5 Å². The highest BCUT2D eigenvalue weighted by atomic mass is 16.6. The second-order valence-corrected chi connectivity index (χ2v) is 10.6. The number of Topliss-reactive ketones (excluding diaryl/α,β-unsaturated/α-hetero) is 1. The van der Waals surface area contributed by atoms with Crippen LogP contribution in [-0.2, 0) is 39.9 Å². The van der Waals surface area contributed by atoms with E-state index in [9.17, 15) is 24.0 Å². The molecule has 216 valence electrons. The molecule has 0 radical (unpaired) electrons. The van der Waals surface area contributed by atoms with Crippen LogP contribution in [-0.4, -0.2) is 85.0 Å². The lowest BCUT2D eigenvalue weighted by atomic mass is 9.81. The van der Waals surface area contributed by atoms with Crippen LogP contribution in [0.5, 0.6) is 5.75 Å². The molecule has 1 saturated heterocycles. The van der Waals surface area contributed by atoms with E-state index < -0.39 is 53.2 Å². The van der Waals surface area contributed by atoms with Crippen LogP contribution in [0.3, 0.4) is 0 Å². The number of nitrogens with zero attached hydrogens (tertiary/aromatic N) is 1. The summed E-state index contributed by atoms with van der Waals surface area (Å²) in [6, 6.07) is 5.89. The van der Waals surface area contributed by atoms with E-state index in [2.05, 4.69) is 10.6 Å². The first-order chi connectivity index (χ1) is 18.3. The minimum absolute atomic E-state index is 0.166. The molecule has 2 rings (SSSR count). The van der Waals surface area contributed by atoms with Gasteiger partial charge in [-0.25, -0.2) is 0 Å². The average Bonchev–Trinajstić information content (AvgIpc) is 2.85. The number of nitrogens with one attached hydrogen (secondary N) is 2. The van der Waals surface area contributed by atoms with E-state index in [1.165, 1.54) is 18.9 Å². The Bertz CT molecular complexity index is 1030. The average molecular weight is 548 g/mol. The first kappa shape index (κ1) is 31.9. The molecule has 1 heterocycles. The highest BCUT2D eigenvalue weighted by Gasteiger charge is 2.53. The van der Waals surface area contributed by atoms with Crippen LogP contribution in [0.4, 0.5) is 0 Å². The largest absolute Gasteiger partial charge is 0.469 e. The maximum atomic E-state index is 14.2. The zero-order valence-corrected chi connectivity index (χ0v) is 23.8. The predicted molar refractivity (Wildman–Crippen MR) is 143 cm³/mol. The monoisotopic (exact) mass is 547 g/mol. The van der Waals surface area contributed by atoms with E-state index in [1.807, 2.05) is 6.92 Å². The van der Waals surface area contributed by atoms with E-state index in [1.54, 1.807) is 45.0 Å². The summed E-state index contributed by atoms with van der Waals surface area (Å²) in [5.74, 6) is -2.62. The molecule has 0 aliphatic carbocycles. The van der Waals surface area contributed by atoms with E-state index in [4.69, 9.17) is 14.2 Å². The van der Waals surface area contributed by atoms with Crippen LogP contribution >= 0.6 is 0 Å². The van der Waals surface area contributed by atoms with Crippen molar-refractivity contribution >= 4 is 29.6 Å². The molecule has 1 amide bonds. The number of benzene rings is 1. The van der Waals surface area contributed by atoms with Crippen molar-refractivity contribution in [1.82, 2.24) is 15.5 Å². The lowest BCUT2D eigenvalue weighted by Gasteiger charge is -2.42. The number of unbranched alkanes of at least 4 members (excludes halogenated alkanes) is 1. The van der Waals surface area contributed by atoms with Crippen molar-refractivity contribution in [2.75, 3.05) is 33.3 Å². The van der Waals surface area contributed by atoms with E-state index >= 15 is 0 Å². The summed E-state index contributed by atoms with van der Waals surface area (Å²) in [7, 11) is 1.19. The number of piperazine rings is 1. The normalized spacial score (nSPS) is 18.3. The van der Waals surface area contributed by atoms with Crippen LogP contribution in [0.25, 0.3) is 0 Å². The molecule has 2 atom stereocenters. The van der Waals surface area contributed by atoms with E-state index in [0.717, 1.165) is 18.4 Å². The van der Waals surface area contributed by atoms with Crippen molar-refractivity contribution in [2.24, 2.45) is 0 Å². The van der Waals surface area contributed by atoms with Crippen molar-refractivity contribution in [3.05, 3.63) is 29.8 Å². The molecule has 1 aromatic rings. The number of ketones is 1. The van der Waals surface area contributed by atoms with Crippen LogP contribution in [0.1, 0.15) is 59.4 Å². The molecule has 1 aliphatic heterocycles. The Labute approximate surface area is 229 Å². The zero-order valence-electron chi connectivity index (χ0n) is 23.8. The molecule has 0 saturated carbocycles. The molecule has 0 aromatic heterocycles. The maximum Gasteiger partial charge on any atom is 0.326 e. The topological polar surface area (TPSA) is 140 Å². The smallest absolute Gasteiger partial charge is 0.326 e. The Morgan fingerprint density at radius 3 is 2.36 bits per heavy atom. The number of carbonyl (C=O) groups is 5. The van der Waals surface area contributed by atoms with Gasteiger partial charge in [-0.15, -0.1) is 0 Å². The van der Waals surface area contributed by atoms with Gasteiger partial charge in [0, 0.05) is 20.0 Å². The molecule has 1 unspecified atom stereocenters. The molecule has 11 heteroatoms. The molecule has 1 aliphatic rings. The molecule has 11 nitrogen and oxygen atoms in total. The summed E-state index contributed by atoms with van der Waals surface area (Å²) < 4.78 is 15.3. The maximum absolute atomic E-state index is 14.2. The van der Waals surface area contributed by atoms with Gasteiger partial charge in [0.2, 0.25) is 0 Å². The van der Waals surface area contributed by atoms with Crippen molar-refractivity contribution < 1.29 is 38.2 Å². The first-order valence-corrected chi connectivity index (χ1v) is 13.2. The predicted octanol–water partition coefficient (Wildman–Crippen LogP) is 1.56. The third-order valence-corrected chi connectivity index (χ3v) is 6.12. The number of hydrogen-bond donors (Lipinski definition) is 2. The van der Waals surface area contributed by atoms with E-state index in [0.29, 0.717) is 12.3 Å². The number of rotatable bonds is 13. The van der Waals surface area contributed by atoms with Gasteiger partial charge >= 0.3 is 17.9 Å². The van der Waals surface area contributed by atoms with Crippen LogP contribution < -0.4 is 15.4 Å². The first-order valence-electron chi connectivity index (χ1n) is 13.2. The number of amides is 1. The third-order valence-electron chi connectivity index (χ3n) is 6.12. The molecule has 2 N–H and O–H groups in total. The summed E-state index contributed by atoms with van der Waals surface area (Å²) >= 11 is 0. The summed E-state index contributed by atoms with van der Waals surface area (Å²) in [5, 5.41) is 6.24. The SMILES string of the molecule is CCCCN[C@@H](Cc1ccc(OC(C)=O)cc1)C(=O)C1(CC(=O)OC)NCCN(CC(=O)OC(C)(C)C)C1=O. The van der Waals surface area contributed by atoms with Gasteiger partial charge in [-0.2, -0.15) is 0 Å². The number of hydrogen-bond acceptors (Lipinski definition) is 10. The van der Waals surface area contributed by atoms with Gasteiger partial charge in [-0.05, 0) is 57.9 Å². The van der Waals surface area contributed by atoms with E-state index in [-0.39, 0.29) is 26.1 Å². The number of ether oxygens (including phenoxy) is 3.